The lowest BCUT2D eigenvalue weighted by Gasteiger charge is -2.20. The maximum atomic E-state index is 11.7. The molecular formula is C16H21N3O2S. The molecule has 2 aromatic rings. The van der Waals surface area contributed by atoms with Crippen molar-refractivity contribution in [3.05, 3.63) is 29.8 Å². The number of nitrogens with one attached hydrogen (secondary N) is 1. The second kappa shape index (κ2) is 6.96. The Morgan fingerprint density at radius 2 is 2.00 bits per heavy atom. The van der Waals surface area contributed by atoms with Crippen LogP contribution in [0.25, 0.3) is 11.5 Å². The van der Waals surface area contributed by atoms with Gasteiger partial charge in [-0.15, -0.1) is 10.2 Å². The summed E-state index contributed by atoms with van der Waals surface area (Å²) in [6.45, 7) is 7.89. The molecule has 22 heavy (non-hydrogen) atoms. The van der Waals surface area contributed by atoms with E-state index in [0.717, 1.165) is 11.1 Å². The van der Waals surface area contributed by atoms with Gasteiger partial charge in [-0.25, -0.2) is 0 Å². The normalized spacial score (nSPS) is 11.5. The van der Waals surface area contributed by atoms with Gasteiger partial charge in [0.25, 0.3) is 5.22 Å². The van der Waals surface area contributed by atoms with Gasteiger partial charge >= 0.3 is 0 Å². The first-order valence-electron chi connectivity index (χ1n) is 7.18. The van der Waals surface area contributed by atoms with E-state index in [0.29, 0.717) is 23.3 Å². The van der Waals surface area contributed by atoms with E-state index in [2.05, 4.69) is 15.5 Å². The van der Waals surface area contributed by atoms with Crippen molar-refractivity contribution in [1.29, 1.82) is 0 Å². The zero-order valence-electron chi connectivity index (χ0n) is 13.3. The van der Waals surface area contributed by atoms with E-state index in [1.807, 2.05) is 52.0 Å². The highest BCUT2D eigenvalue weighted by Crippen LogP contribution is 2.25. The van der Waals surface area contributed by atoms with Gasteiger partial charge in [0, 0.05) is 23.3 Å². The second-order valence-corrected chi connectivity index (χ2v) is 7.13. The molecule has 0 radical (unpaired) electrons. The third-order valence-electron chi connectivity index (χ3n) is 2.85. The summed E-state index contributed by atoms with van der Waals surface area (Å²) < 4.78 is 5.64. The molecule has 1 amide bonds. The highest BCUT2D eigenvalue weighted by molar-refractivity contribution is 7.99. The highest BCUT2D eigenvalue weighted by atomic mass is 32.2. The van der Waals surface area contributed by atoms with Crippen LogP contribution in [0.2, 0.25) is 0 Å². The van der Waals surface area contributed by atoms with Crippen LogP contribution in [0.15, 0.2) is 33.9 Å². The van der Waals surface area contributed by atoms with E-state index in [1.165, 1.54) is 11.8 Å². The highest BCUT2D eigenvalue weighted by Gasteiger charge is 2.15. The van der Waals surface area contributed by atoms with Crippen molar-refractivity contribution in [1.82, 2.24) is 15.5 Å². The monoisotopic (exact) mass is 319 g/mol. The zero-order chi connectivity index (χ0) is 16.2. The first kappa shape index (κ1) is 16.5. The minimum Gasteiger partial charge on any atom is -0.411 e. The molecule has 1 N–H and O–H groups in total. The fourth-order valence-corrected chi connectivity index (χ4v) is 2.60. The maximum Gasteiger partial charge on any atom is 0.276 e. The van der Waals surface area contributed by atoms with Crippen molar-refractivity contribution >= 4 is 17.7 Å². The zero-order valence-corrected chi connectivity index (χ0v) is 14.2. The van der Waals surface area contributed by atoms with Crippen molar-refractivity contribution in [3.63, 3.8) is 0 Å². The Labute approximate surface area is 134 Å². The van der Waals surface area contributed by atoms with Gasteiger partial charge in [0.1, 0.15) is 0 Å². The van der Waals surface area contributed by atoms with Gasteiger partial charge in [-0.3, -0.25) is 4.79 Å². The first-order chi connectivity index (χ1) is 10.3. The fraction of sp³-hybridized carbons (Fsp3) is 0.438. The predicted molar refractivity (Wildman–Crippen MR) is 87.7 cm³/mol. The number of aromatic nitrogens is 2. The quantitative estimate of drug-likeness (QED) is 0.855. The third-order valence-corrected chi connectivity index (χ3v) is 3.67. The molecule has 1 aromatic heterocycles. The summed E-state index contributed by atoms with van der Waals surface area (Å²) in [5.41, 5.74) is 1.82. The Bertz CT molecular complexity index is 647. The number of rotatable bonds is 5. The summed E-state index contributed by atoms with van der Waals surface area (Å²) in [5, 5.41) is 11.5. The lowest BCUT2D eigenvalue weighted by molar-refractivity contribution is -0.122. The molecule has 0 spiro atoms. The molecule has 0 unspecified atom stereocenters. The Balaban J connectivity index is 1.88. The molecule has 1 heterocycles. The van der Waals surface area contributed by atoms with Crippen LogP contribution in [0, 0.1) is 6.92 Å². The summed E-state index contributed by atoms with van der Waals surface area (Å²) in [7, 11) is 0. The van der Waals surface area contributed by atoms with Crippen molar-refractivity contribution in [2.24, 2.45) is 0 Å². The van der Waals surface area contributed by atoms with Gasteiger partial charge in [-0.05, 0) is 39.3 Å². The number of hydrogen-bond donors (Lipinski definition) is 1. The smallest absolute Gasteiger partial charge is 0.276 e. The fourth-order valence-electron chi connectivity index (χ4n) is 1.90. The number of amides is 1. The standard InChI is InChI=1S/C16H21N3O2S/c1-11-7-5-6-8-12(11)14-18-19-15(21-14)22-10-9-13(20)17-16(2,3)4/h5-8H,9-10H2,1-4H3,(H,17,20). The van der Waals surface area contributed by atoms with E-state index in [1.54, 1.807) is 0 Å². The number of benzene rings is 1. The van der Waals surface area contributed by atoms with Crippen molar-refractivity contribution in [2.45, 2.75) is 44.9 Å². The van der Waals surface area contributed by atoms with Gasteiger partial charge in [-0.1, -0.05) is 30.0 Å². The molecule has 0 saturated carbocycles. The van der Waals surface area contributed by atoms with Gasteiger partial charge in [0.15, 0.2) is 0 Å². The number of hydrogen-bond acceptors (Lipinski definition) is 5. The van der Waals surface area contributed by atoms with E-state index >= 15 is 0 Å². The van der Waals surface area contributed by atoms with Crippen LogP contribution in [-0.4, -0.2) is 27.4 Å². The van der Waals surface area contributed by atoms with E-state index in [4.69, 9.17) is 4.42 Å². The van der Waals surface area contributed by atoms with Crippen LogP contribution in [-0.2, 0) is 4.79 Å². The second-order valence-electron chi connectivity index (χ2n) is 6.08. The molecule has 0 atom stereocenters. The summed E-state index contributed by atoms with van der Waals surface area (Å²) in [6.07, 6.45) is 0.421. The van der Waals surface area contributed by atoms with Gasteiger partial charge < -0.3 is 9.73 Å². The molecule has 0 bridgehead atoms. The summed E-state index contributed by atoms with van der Waals surface area (Å²) >= 11 is 1.39. The first-order valence-corrected chi connectivity index (χ1v) is 8.17. The van der Waals surface area contributed by atoms with E-state index in [9.17, 15) is 4.79 Å². The van der Waals surface area contributed by atoms with Gasteiger partial charge in [0.05, 0.1) is 0 Å². The molecule has 1 aromatic carbocycles. The number of carbonyl (C=O) groups is 1. The molecule has 6 heteroatoms. The number of nitrogens with zero attached hydrogens (tertiary/aromatic N) is 2. The molecule has 0 fully saturated rings. The molecule has 118 valence electrons. The minimum atomic E-state index is -0.204. The Hall–Kier alpha value is -1.82. The van der Waals surface area contributed by atoms with Crippen LogP contribution in [0.4, 0.5) is 0 Å². The molecular weight excluding hydrogens is 298 g/mol. The average Bonchev–Trinajstić information content (AvgIpc) is 2.85. The number of thioether (sulfide) groups is 1. The molecule has 0 aliphatic rings. The number of aryl methyl sites for hydroxylation is 1. The Kier molecular flexibility index (Phi) is 5.24. The van der Waals surface area contributed by atoms with Crippen LogP contribution in [0.1, 0.15) is 32.8 Å². The minimum absolute atomic E-state index is 0.0265. The van der Waals surface area contributed by atoms with Crippen LogP contribution in [0.3, 0.4) is 0 Å². The largest absolute Gasteiger partial charge is 0.411 e. The summed E-state index contributed by atoms with van der Waals surface area (Å²) in [4.78, 5) is 11.7. The van der Waals surface area contributed by atoms with Crippen molar-refractivity contribution in [3.8, 4) is 11.5 Å². The van der Waals surface area contributed by atoms with E-state index < -0.39 is 0 Å². The van der Waals surface area contributed by atoms with Crippen molar-refractivity contribution in [2.75, 3.05) is 5.75 Å². The summed E-state index contributed by atoms with van der Waals surface area (Å²) in [5.74, 6) is 1.15. The predicted octanol–water partition coefficient (Wildman–Crippen LogP) is 3.44. The molecule has 0 aliphatic heterocycles. The van der Waals surface area contributed by atoms with Crippen molar-refractivity contribution < 1.29 is 9.21 Å². The third kappa shape index (κ3) is 4.87. The van der Waals surface area contributed by atoms with Gasteiger partial charge in [-0.2, -0.15) is 0 Å². The average molecular weight is 319 g/mol. The summed E-state index contributed by atoms with van der Waals surface area (Å²) in [6, 6.07) is 7.87. The van der Waals surface area contributed by atoms with Crippen LogP contribution in [0.5, 0.6) is 0 Å². The van der Waals surface area contributed by atoms with E-state index in [-0.39, 0.29) is 11.4 Å². The SMILES string of the molecule is Cc1ccccc1-c1nnc(SCCC(=O)NC(C)(C)C)o1. The lowest BCUT2D eigenvalue weighted by Crippen LogP contribution is -2.40. The molecule has 2 rings (SSSR count). The Morgan fingerprint density at radius 3 is 2.68 bits per heavy atom. The van der Waals surface area contributed by atoms with Gasteiger partial charge in [0.2, 0.25) is 11.8 Å². The lowest BCUT2D eigenvalue weighted by atomic mass is 10.1. The van der Waals surface area contributed by atoms with Crippen LogP contribution >= 0.6 is 11.8 Å². The Morgan fingerprint density at radius 1 is 1.27 bits per heavy atom. The maximum absolute atomic E-state index is 11.7. The topological polar surface area (TPSA) is 68.0 Å². The molecule has 0 aliphatic carbocycles. The number of carbonyl (C=O) groups excluding carboxylic acids is 1. The molecule has 0 saturated heterocycles. The molecule has 5 nitrogen and oxygen atoms in total. The van der Waals surface area contributed by atoms with Crippen LogP contribution < -0.4 is 5.32 Å².